The van der Waals surface area contributed by atoms with Gasteiger partial charge in [-0.15, -0.1) is 0 Å². The van der Waals surface area contributed by atoms with E-state index < -0.39 is 6.10 Å². The Morgan fingerprint density at radius 3 is 2.27 bits per heavy atom. The fourth-order valence-electron chi connectivity index (χ4n) is 2.11. The smallest absolute Gasteiger partial charge is 0.123 e. The Kier molecular flexibility index (Phi) is 5.92. The summed E-state index contributed by atoms with van der Waals surface area (Å²) in [6.07, 6.45) is -0.457. The molecule has 1 atom stereocenters. The van der Waals surface area contributed by atoms with Gasteiger partial charge >= 0.3 is 0 Å². The molecule has 2 rings (SSSR count). The lowest BCUT2D eigenvalue weighted by Crippen LogP contribution is -2.21. The monoisotopic (exact) mass is 303 g/mol. The van der Waals surface area contributed by atoms with E-state index in [0.717, 1.165) is 16.9 Å². The summed E-state index contributed by atoms with van der Waals surface area (Å²) in [5, 5.41) is 13.3. The van der Waals surface area contributed by atoms with E-state index in [1.165, 1.54) is 12.1 Å². The largest absolute Gasteiger partial charge is 0.491 e. The van der Waals surface area contributed by atoms with E-state index in [1.54, 1.807) is 12.1 Å². The summed E-state index contributed by atoms with van der Waals surface area (Å²) in [6.45, 7) is 4.97. The van der Waals surface area contributed by atoms with Gasteiger partial charge in [0.1, 0.15) is 11.6 Å². The van der Waals surface area contributed by atoms with E-state index in [2.05, 4.69) is 5.32 Å². The molecule has 4 heteroatoms. The molecule has 0 aliphatic heterocycles. The average molecular weight is 303 g/mol. The predicted octanol–water partition coefficient (Wildman–Crippen LogP) is 3.44. The van der Waals surface area contributed by atoms with Crippen LogP contribution in [-0.4, -0.2) is 17.8 Å². The second-order valence-electron chi connectivity index (χ2n) is 5.51. The van der Waals surface area contributed by atoms with Crippen molar-refractivity contribution < 1.29 is 14.2 Å². The molecule has 2 aromatic carbocycles. The van der Waals surface area contributed by atoms with Crippen LogP contribution in [0.5, 0.6) is 5.75 Å². The lowest BCUT2D eigenvalue weighted by molar-refractivity contribution is 0.174. The quantitative estimate of drug-likeness (QED) is 0.823. The molecule has 3 nitrogen and oxygen atoms in total. The van der Waals surface area contributed by atoms with Crippen molar-refractivity contribution in [3.05, 3.63) is 65.5 Å². The van der Waals surface area contributed by atoms with E-state index in [4.69, 9.17) is 4.74 Å². The van der Waals surface area contributed by atoms with Gasteiger partial charge in [0.25, 0.3) is 0 Å². The Morgan fingerprint density at radius 1 is 1.05 bits per heavy atom. The Morgan fingerprint density at radius 2 is 1.68 bits per heavy atom. The second kappa shape index (κ2) is 7.92. The number of aliphatic hydroxyl groups excluding tert-OH is 1. The number of hydrogen-bond donors (Lipinski definition) is 2. The maximum Gasteiger partial charge on any atom is 0.123 e. The molecular weight excluding hydrogens is 281 g/mol. The van der Waals surface area contributed by atoms with Gasteiger partial charge in [0.05, 0.1) is 12.2 Å². The zero-order valence-corrected chi connectivity index (χ0v) is 12.9. The molecule has 0 aromatic heterocycles. The number of hydrogen-bond acceptors (Lipinski definition) is 3. The SMILES string of the molecule is CC(C)Oc1ccc(C(O)CNCc2ccc(F)cc2)cc1. The van der Waals surface area contributed by atoms with Gasteiger partial charge in [-0.25, -0.2) is 4.39 Å². The standard InChI is InChI=1S/C18H22FNO2/c1-13(2)22-17-9-5-15(6-10-17)18(21)12-20-11-14-3-7-16(19)8-4-14/h3-10,13,18,20-21H,11-12H2,1-2H3. The summed E-state index contributed by atoms with van der Waals surface area (Å²) in [5.41, 5.74) is 1.82. The molecule has 0 saturated heterocycles. The molecule has 0 bridgehead atoms. The minimum absolute atomic E-state index is 0.133. The third kappa shape index (κ3) is 5.13. The zero-order chi connectivity index (χ0) is 15.9. The van der Waals surface area contributed by atoms with Gasteiger partial charge < -0.3 is 15.2 Å². The molecule has 0 aliphatic carbocycles. The van der Waals surface area contributed by atoms with Gasteiger partial charge in [-0.2, -0.15) is 0 Å². The molecule has 0 amide bonds. The minimum Gasteiger partial charge on any atom is -0.491 e. The van der Waals surface area contributed by atoms with Crippen LogP contribution in [0.3, 0.4) is 0 Å². The molecular formula is C18H22FNO2. The van der Waals surface area contributed by atoms with Crippen LogP contribution in [-0.2, 0) is 6.54 Å². The van der Waals surface area contributed by atoms with Crippen molar-refractivity contribution in [3.63, 3.8) is 0 Å². The summed E-state index contributed by atoms with van der Waals surface area (Å²) in [5.74, 6) is 0.553. The first kappa shape index (κ1) is 16.5. The molecule has 0 spiro atoms. The van der Waals surface area contributed by atoms with Crippen molar-refractivity contribution in [1.82, 2.24) is 5.32 Å². The van der Waals surface area contributed by atoms with Crippen molar-refractivity contribution in [2.75, 3.05) is 6.54 Å². The molecule has 22 heavy (non-hydrogen) atoms. The molecule has 2 aromatic rings. The maximum absolute atomic E-state index is 12.8. The Labute approximate surface area is 130 Å². The van der Waals surface area contributed by atoms with Crippen molar-refractivity contribution in [2.24, 2.45) is 0 Å². The van der Waals surface area contributed by atoms with Crippen LogP contribution in [0.25, 0.3) is 0 Å². The first-order chi connectivity index (χ1) is 10.5. The van der Waals surface area contributed by atoms with E-state index in [9.17, 15) is 9.50 Å². The molecule has 0 saturated carbocycles. The molecule has 0 aliphatic rings. The molecule has 2 N–H and O–H groups in total. The van der Waals surface area contributed by atoms with Gasteiger partial charge in [-0.1, -0.05) is 24.3 Å². The van der Waals surface area contributed by atoms with Crippen LogP contribution in [0, 0.1) is 5.82 Å². The van der Waals surface area contributed by atoms with Crippen molar-refractivity contribution in [2.45, 2.75) is 32.6 Å². The predicted molar refractivity (Wildman–Crippen MR) is 85.3 cm³/mol. The first-order valence-electron chi connectivity index (χ1n) is 7.44. The number of aliphatic hydroxyl groups is 1. The number of ether oxygens (including phenoxy) is 1. The molecule has 1 unspecified atom stereocenters. The zero-order valence-electron chi connectivity index (χ0n) is 12.9. The summed E-state index contributed by atoms with van der Waals surface area (Å²) in [7, 11) is 0. The number of halogens is 1. The number of benzene rings is 2. The Hall–Kier alpha value is -1.91. The van der Waals surface area contributed by atoms with Crippen LogP contribution in [0.4, 0.5) is 4.39 Å². The highest BCUT2D eigenvalue weighted by atomic mass is 19.1. The Bertz CT molecular complexity index is 567. The van der Waals surface area contributed by atoms with E-state index >= 15 is 0 Å². The first-order valence-corrected chi connectivity index (χ1v) is 7.44. The highest BCUT2D eigenvalue weighted by Crippen LogP contribution is 2.18. The van der Waals surface area contributed by atoms with Crippen LogP contribution in [0.1, 0.15) is 31.1 Å². The van der Waals surface area contributed by atoms with Crippen molar-refractivity contribution >= 4 is 0 Å². The maximum atomic E-state index is 12.8. The number of nitrogens with one attached hydrogen (secondary N) is 1. The Balaban J connectivity index is 1.81. The number of rotatable bonds is 7. The summed E-state index contributed by atoms with van der Waals surface area (Å²) >= 11 is 0. The molecule has 0 heterocycles. The van der Waals surface area contributed by atoms with Crippen LogP contribution in [0.2, 0.25) is 0 Å². The van der Waals surface area contributed by atoms with Crippen LogP contribution in [0.15, 0.2) is 48.5 Å². The normalized spacial score (nSPS) is 12.4. The molecule has 118 valence electrons. The highest BCUT2D eigenvalue weighted by molar-refractivity contribution is 5.28. The van der Waals surface area contributed by atoms with Gasteiger partial charge in [-0.05, 0) is 49.2 Å². The fraction of sp³-hybridized carbons (Fsp3) is 0.333. The lowest BCUT2D eigenvalue weighted by Gasteiger charge is -2.14. The summed E-state index contributed by atoms with van der Waals surface area (Å²) in [4.78, 5) is 0. The third-order valence-corrected chi connectivity index (χ3v) is 3.22. The van der Waals surface area contributed by atoms with Crippen LogP contribution < -0.4 is 10.1 Å². The summed E-state index contributed by atoms with van der Waals surface area (Å²) < 4.78 is 18.4. The third-order valence-electron chi connectivity index (χ3n) is 3.22. The summed E-state index contributed by atoms with van der Waals surface area (Å²) in [6, 6.07) is 13.8. The second-order valence-corrected chi connectivity index (χ2v) is 5.51. The average Bonchev–Trinajstić information content (AvgIpc) is 2.49. The highest BCUT2D eigenvalue weighted by Gasteiger charge is 2.07. The minimum atomic E-state index is -0.589. The molecule has 0 radical (unpaired) electrons. The van der Waals surface area contributed by atoms with Gasteiger partial charge in [0, 0.05) is 13.1 Å². The van der Waals surface area contributed by atoms with Crippen molar-refractivity contribution in [1.29, 1.82) is 0 Å². The molecule has 0 fully saturated rings. The van der Waals surface area contributed by atoms with Gasteiger partial charge in [-0.3, -0.25) is 0 Å². The fourth-order valence-corrected chi connectivity index (χ4v) is 2.11. The van der Waals surface area contributed by atoms with Gasteiger partial charge in [0.2, 0.25) is 0 Å². The van der Waals surface area contributed by atoms with E-state index in [1.807, 2.05) is 38.1 Å². The van der Waals surface area contributed by atoms with E-state index in [-0.39, 0.29) is 11.9 Å². The van der Waals surface area contributed by atoms with Gasteiger partial charge in [0.15, 0.2) is 0 Å². The van der Waals surface area contributed by atoms with Crippen molar-refractivity contribution in [3.8, 4) is 5.75 Å². The topological polar surface area (TPSA) is 41.5 Å². The van der Waals surface area contributed by atoms with Crippen LogP contribution >= 0.6 is 0 Å². The van der Waals surface area contributed by atoms with E-state index in [0.29, 0.717) is 13.1 Å². The lowest BCUT2D eigenvalue weighted by atomic mass is 10.1.